The normalized spacial score (nSPS) is 11.0. The van der Waals surface area contributed by atoms with Gasteiger partial charge in [-0.15, -0.1) is 0 Å². The summed E-state index contributed by atoms with van der Waals surface area (Å²) in [6.45, 7) is 3.94. The lowest BCUT2D eigenvalue weighted by Gasteiger charge is -2.00. The fraction of sp³-hybridized carbons (Fsp3) is 0.133. The Balaban J connectivity index is 1.95. The summed E-state index contributed by atoms with van der Waals surface area (Å²) in [7, 11) is 0. The number of aromatic nitrogens is 2. The minimum atomic E-state index is -0.988. The van der Waals surface area contributed by atoms with Crippen molar-refractivity contribution in [3.05, 3.63) is 47.2 Å². The molecule has 0 aliphatic heterocycles. The first-order chi connectivity index (χ1) is 10.0. The minimum absolute atomic E-state index is 0.180. The first kappa shape index (κ1) is 13.6. The van der Waals surface area contributed by atoms with Gasteiger partial charge >= 0.3 is 5.97 Å². The van der Waals surface area contributed by atoms with Crippen LogP contribution in [-0.2, 0) is 0 Å². The summed E-state index contributed by atoms with van der Waals surface area (Å²) in [5.41, 5.74) is 3.32. The lowest BCUT2D eigenvalue weighted by molar-refractivity contribution is 0.0697. The zero-order valence-corrected chi connectivity index (χ0v) is 12.3. The van der Waals surface area contributed by atoms with Crippen LogP contribution < -0.4 is 0 Å². The number of hydrogen-bond donors (Lipinski definition) is 1. The molecule has 3 aromatic rings. The van der Waals surface area contributed by atoms with Gasteiger partial charge in [0, 0.05) is 5.69 Å². The number of pyridine rings is 1. The Kier molecular flexibility index (Phi) is 3.39. The van der Waals surface area contributed by atoms with Crippen molar-refractivity contribution < 1.29 is 14.3 Å². The van der Waals surface area contributed by atoms with Gasteiger partial charge in [-0.25, -0.2) is 14.8 Å². The third kappa shape index (κ3) is 2.90. The van der Waals surface area contributed by atoms with E-state index in [1.165, 1.54) is 23.9 Å². The number of aromatic carboxylic acids is 1. The lowest BCUT2D eigenvalue weighted by Crippen LogP contribution is -1.94. The van der Waals surface area contributed by atoms with Gasteiger partial charge in [0.05, 0.1) is 5.56 Å². The largest absolute Gasteiger partial charge is 0.478 e. The molecule has 5 nitrogen and oxygen atoms in total. The van der Waals surface area contributed by atoms with Crippen molar-refractivity contribution in [2.45, 2.75) is 24.1 Å². The fourth-order valence-corrected chi connectivity index (χ4v) is 2.91. The van der Waals surface area contributed by atoms with Crippen LogP contribution in [0.15, 0.2) is 45.0 Å². The molecule has 6 heteroatoms. The highest BCUT2D eigenvalue weighted by Crippen LogP contribution is 2.29. The van der Waals surface area contributed by atoms with E-state index < -0.39 is 5.97 Å². The van der Waals surface area contributed by atoms with Crippen LogP contribution in [0.4, 0.5) is 0 Å². The van der Waals surface area contributed by atoms with Crippen molar-refractivity contribution in [2.24, 2.45) is 0 Å². The first-order valence-corrected chi connectivity index (χ1v) is 7.10. The van der Waals surface area contributed by atoms with Crippen LogP contribution in [0.2, 0.25) is 0 Å². The van der Waals surface area contributed by atoms with Gasteiger partial charge in [-0.3, -0.25) is 0 Å². The van der Waals surface area contributed by atoms with E-state index in [-0.39, 0.29) is 5.56 Å². The van der Waals surface area contributed by atoms with Crippen molar-refractivity contribution in [1.29, 1.82) is 0 Å². The Morgan fingerprint density at radius 2 is 2.00 bits per heavy atom. The molecule has 106 valence electrons. The number of fused-ring (bicyclic) bond motifs is 1. The molecular formula is C15H12N2O3S. The monoisotopic (exact) mass is 300 g/mol. The Bertz CT molecular complexity index is 822. The van der Waals surface area contributed by atoms with Crippen molar-refractivity contribution in [1.82, 2.24) is 9.97 Å². The zero-order valence-electron chi connectivity index (χ0n) is 11.5. The average Bonchev–Trinajstić information content (AvgIpc) is 2.78. The Morgan fingerprint density at radius 1 is 1.19 bits per heavy atom. The van der Waals surface area contributed by atoms with E-state index in [2.05, 4.69) is 9.97 Å². The highest BCUT2D eigenvalue weighted by atomic mass is 32.2. The molecule has 0 unspecified atom stereocenters. The predicted octanol–water partition coefficient (Wildman–Crippen LogP) is 3.69. The molecule has 0 amide bonds. The van der Waals surface area contributed by atoms with Crippen LogP contribution in [0, 0.1) is 13.8 Å². The van der Waals surface area contributed by atoms with Crippen molar-refractivity contribution >= 4 is 28.8 Å². The summed E-state index contributed by atoms with van der Waals surface area (Å²) in [5.74, 6) is -0.988. The van der Waals surface area contributed by atoms with E-state index in [9.17, 15) is 4.79 Å². The molecular weight excluding hydrogens is 288 g/mol. The molecule has 0 radical (unpaired) electrons. The predicted molar refractivity (Wildman–Crippen MR) is 78.8 cm³/mol. The summed E-state index contributed by atoms with van der Waals surface area (Å²) < 4.78 is 5.59. The fourth-order valence-electron chi connectivity index (χ4n) is 2.03. The average molecular weight is 300 g/mol. The smallest absolute Gasteiger partial charge is 0.335 e. The Hall–Kier alpha value is -2.34. The maximum absolute atomic E-state index is 10.9. The van der Waals surface area contributed by atoms with Gasteiger partial charge in [0.2, 0.25) is 0 Å². The molecule has 2 heterocycles. The van der Waals surface area contributed by atoms with E-state index in [4.69, 9.17) is 9.52 Å². The second-order valence-corrected chi connectivity index (χ2v) is 5.67. The van der Waals surface area contributed by atoms with Crippen LogP contribution in [0.3, 0.4) is 0 Å². The minimum Gasteiger partial charge on any atom is -0.478 e. The quantitative estimate of drug-likeness (QED) is 0.795. The van der Waals surface area contributed by atoms with Crippen LogP contribution in [0.1, 0.15) is 21.6 Å². The second kappa shape index (κ2) is 5.21. The molecule has 1 aromatic carbocycles. The van der Waals surface area contributed by atoms with Gasteiger partial charge in [0.15, 0.2) is 5.58 Å². The van der Waals surface area contributed by atoms with E-state index in [1.54, 1.807) is 6.07 Å². The summed E-state index contributed by atoms with van der Waals surface area (Å²) >= 11 is 1.32. The van der Waals surface area contributed by atoms with Gasteiger partial charge in [-0.2, -0.15) is 0 Å². The van der Waals surface area contributed by atoms with Crippen LogP contribution in [-0.4, -0.2) is 21.0 Å². The molecule has 0 fully saturated rings. The van der Waals surface area contributed by atoms with E-state index in [0.29, 0.717) is 16.3 Å². The van der Waals surface area contributed by atoms with Crippen molar-refractivity contribution in [2.75, 3.05) is 0 Å². The standard InChI is InChI=1S/C15H12N2O3S/c1-8-5-9(2)16-13(6-8)21-15-17-11-4-3-10(14(18)19)7-12(11)20-15/h3-7H,1-2H3,(H,18,19). The van der Waals surface area contributed by atoms with Crippen LogP contribution >= 0.6 is 11.8 Å². The number of benzene rings is 1. The first-order valence-electron chi connectivity index (χ1n) is 6.28. The number of oxazole rings is 1. The lowest BCUT2D eigenvalue weighted by atomic mass is 10.2. The molecule has 2 aromatic heterocycles. The molecule has 1 N–H and O–H groups in total. The van der Waals surface area contributed by atoms with E-state index >= 15 is 0 Å². The van der Waals surface area contributed by atoms with Crippen molar-refractivity contribution in [3.8, 4) is 0 Å². The van der Waals surface area contributed by atoms with E-state index in [0.717, 1.165) is 16.3 Å². The molecule has 0 aliphatic carbocycles. The highest BCUT2D eigenvalue weighted by molar-refractivity contribution is 7.99. The molecule has 0 bridgehead atoms. The number of carboxylic acids is 1. The van der Waals surface area contributed by atoms with E-state index in [1.807, 2.05) is 26.0 Å². The van der Waals surface area contributed by atoms with Gasteiger partial charge < -0.3 is 9.52 Å². The molecule has 0 aliphatic rings. The summed E-state index contributed by atoms with van der Waals surface area (Å²) in [6.07, 6.45) is 0. The van der Waals surface area contributed by atoms with Crippen LogP contribution in [0.5, 0.6) is 0 Å². The van der Waals surface area contributed by atoms with Gasteiger partial charge in [-0.05, 0) is 61.5 Å². The number of carboxylic acid groups (broad SMARTS) is 1. The summed E-state index contributed by atoms with van der Waals surface area (Å²) in [4.78, 5) is 19.7. The number of carbonyl (C=O) groups is 1. The third-order valence-corrected chi connectivity index (χ3v) is 3.65. The molecule has 0 saturated carbocycles. The SMILES string of the molecule is Cc1cc(C)nc(Sc2nc3ccc(C(=O)O)cc3o2)c1. The maximum Gasteiger partial charge on any atom is 0.335 e. The Morgan fingerprint density at radius 3 is 2.71 bits per heavy atom. The van der Waals surface area contributed by atoms with Gasteiger partial charge in [-0.1, -0.05) is 0 Å². The number of nitrogens with zero attached hydrogens (tertiary/aromatic N) is 2. The molecule has 0 saturated heterocycles. The zero-order chi connectivity index (χ0) is 15.0. The summed E-state index contributed by atoms with van der Waals surface area (Å²) in [5, 5.41) is 10.2. The topological polar surface area (TPSA) is 76.2 Å². The van der Waals surface area contributed by atoms with Crippen LogP contribution in [0.25, 0.3) is 11.1 Å². The Labute approximate surface area is 125 Å². The van der Waals surface area contributed by atoms with Gasteiger partial charge in [0.25, 0.3) is 5.22 Å². The van der Waals surface area contributed by atoms with Crippen molar-refractivity contribution in [3.63, 3.8) is 0 Å². The third-order valence-electron chi connectivity index (χ3n) is 2.88. The molecule has 21 heavy (non-hydrogen) atoms. The summed E-state index contributed by atoms with van der Waals surface area (Å²) in [6, 6.07) is 8.58. The number of hydrogen-bond acceptors (Lipinski definition) is 5. The second-order valence-electron chi connectivity index (χ2n) is 4.69. The van der Waals surface area contributed by atoms with Gasteiger partial charge in [0.1, 0.15) is 10.5 Å². The number of rotatable bonds is 3. The molecule has 0 spiro atoms. The molecule has 0 atom stereocenters. The highest BCUT2D eigenvalue weighted by Gasteiger charge is 2.11. The maximum atomic E-state index is 10.9. The number of aryl methyl sites for hydroxylation is 2. The molecule has 3 rings (SSSR count).